The van der Waals surface area contributed by atoms with Gasteiger partial charge in [0.15, 0.2) is 0 Å². The minimum Gasteiger partial charge on any atom is -0.497 e. The quantitative estimate of drug-likeness (QED) is 0.923. The summed E-state index contributed by atoms with van der Waals surface area (Å²) in [5.74, 6) is 1.84. The van der Waals surface area contributed by atoms with E-state index >= 15 is 0 Å². The molecule has 1 heterocycles. The van der Waals surface area contributed by atoms with Crippen molar-refractivity contribution < 1.29 is 9.47 Å². The molecule has 0 saturated heterocycles. The average molecular weight is 269 g/mol. The first-order valence-electron chi connectivity index (χ1n) is 6.95. The lowest BCUT2D eigenvalue weighted by atomic mass is 10.00. The third kappa shape index (κ3) is 2.78. The van der Waals surface area contributed by atoms with Crippen LogP contribution >= 0.6 is 0 Å². The number of nitrogens with one attached hydrogen (secondary N) is 1. The van der Waals surface area contributed by atoms with Crippen molar-refractivity contribution in [3.8, 4) is 11.5 Å². The lowest BCUT2D eigenvalue weighted by Gasteiger charge is -2.27. The lowest BCUT2D eigenvalue weighted by Crippen LogP contribution is -2.26. The number of ether oxygens (including phenoxy) is 2. The van der Waals surface area contributed by atoms with Crippen LogP contribution in [0.3, 0.4) is 0 Å². The maximum atomic E-state index is 5.71. The Bertz CT molecular complexity index is 568. The molecule has 3 nitrogen and oxygen atoms in total. The zero-order valence-corrected chi connectivity index (χ0v) is 11.6. The van der Waals surface area contributed by atoms with Gasteiger partial charge in [-0.05, 0) is 23.8 Å². The molecule has 0 amide bonds. The van der Waals surface area contributed by atoms with E-state index in [-0.39, 0.29) is 0 Å². The zero-order valence-electron chi connectivity index (χ0n) is 11.6. The summed E-state index contributed by atoms with van der Waals surface area (Å²) in [7, 11) is 1.69. The first-order chi connectivity index (χ1) is 9.86. The highest BCUT2D eigenvalue weighted by atomic mass is 16.5. The van der Waals surface area contributed by atoms with E-state index in [0.717, 1.165) is 31.1 Å². The van der Waals surface area contributed by atoms with Crippen molar-refractivity contribution in [2.75, 3.05) is 13.7 Å². The van der Waals surface area contributed by atoms with E-state index in [1.54, 1.807) is 7.11 Å². The number of methoxy groups -OCH3 is 1. The summed E-state index contributed by atoms with van der Waals surface area (Å²) in [6.45, 7) is 1.62. The predicted octanol–water partition coefficient (Wildman–Crippen LogP) is 3.31. The standard InChI is InChI=1S/C17H19NO2/c1-19-14-7-8-17-15(11-14)16(9-10-20-17)18-12-13-5-3-2-4-6-13/h2-8,11,16,18H,9-10,12H2,1H3. The molecule has 1 aliphatic heterocycles. The van der Waals surface area contributed by atoms with Gasteiger partial charge in [0.2, 0.25) is 0 Å². The van der Waals surface area contributed by atoms with Crippen molar-refractivity contribution in [2.24, 2.45) is 0 Å². The summed E-state index contributed by atoms with van der Waals surface area (Å²) in [6.07, 6.45) is 0.979. The molecule has 0 saturated carbocycles. The van der Waals surface area contributed by atoms with Gasteiger partial charge in [-0.15, -0.1) is 0 Å². The molecule has 0 radical (unpaired) electrons. The molecular formula is C17H19NO2. The van der Waals surface area contributed by atoms with Crippen LogP contribution in [0.1, 0.15) is 23.6 Å². The predicted molar refractivity (Wildman–Crippen MR) is 79.1 cm³/mol. The van der Waals surface area contributed by atoms with Crippen molar-refractivity contribution >= 4 is 0 Å². The number of rotatable bonds is 4. The van der Waals surface area contributed by atoms with Gasteiger partial charge in [0, 0.05) is 24.6 Å². The van der Waals surface area contributed by atoms with Crippen LogP contribution in [-0.2, 0) is 6.54 Å². The first kappa shape index (κ1) is 13.0. The van der Waals surface area contributed by atoms with Crippen LogP contribution in [0.2, 0.25) is 0 Å². The molecule has 3 heteroatoms. The van der Waals surface area contributed by atoms with E-state index in [0.29, 0.717) is 6.04 Å². The maximum Gasteiger partial charge on any atom is 0.124 e. The second-order valence-electron chi connectivity index (χ2n) is 4.96. The van der Waals surface area contributed by atoms with Gasteiger partial charge < -0.3 is 14.8 Å². The summed E-state index contributed by atoms with van der Waals surface area (Å²) in [5.41, 5.74) is 2.48. The van der Waals surface area contributed by atoms with Crippen molar-refractivity contribution in [3.05, 3.63) is 59.7 Å². The van der Waals surface area contributed by atoms with E-state index in [9.17, 15) is 0 Å². The summed E-state index contributed by atoms with van der Waals surface area (Å²) in [6, 6.07) is 16.8. The second kappa shape index (κ2) is 5.97. The Morgan fingerprint density at radius 1 is 1.20 bits per heavy atom. The average Bonchev–Trinajstić information content (AvgIpc) is 2.53. The van der Waals surface area contributed by atoms with E-state index in [1.807, 2.05) is 18.2 Å². The van der Waals surface area contributed by atoms with Crippen molar-refractivity contribution in [2.45, 2.75) is 19.0 Å². The minimum atomic E-state index is 0.314. The molecule has 1 atom stereocenters. The molecule has 0 aromatic heterocycles. The van der Waals surface area contributed by atoms with Crippen LogP contribution in [0, 0.1) is 0 Å². The van der Waals surface area contributed by atoms with Crippen LogP contribution in [0.25, 0.3) is 0 Å². The molecule has 0 fully saturated rings. The summed E-state index contributed by atoms with van der Waals surface area (Å²) in [4.78, 5) is 0. The molecule has 3 rings (SSSR count). The van der Waals surface area contributed by atoms with E-state index in [2.05, 4.69) is 35.6 Å². The third-order valence-corrected chi connectivity index (χ3v) is 3.65. The number of hydrogen-bond acceptors (Lipinski definition) is 3. The molecule has 0 spiro atoms. The van der Waals surface area contributed by atoms with E-state index < -0.39 is 0 Å². The van der Waals surface area contributed by atoms with Crippen molar-refractivity contribution in [1.82, 2.24) is 5.32 Å². The maximum absolute atomic E-state index is 5.71. The Morgan fingerprint density at radius 2 is 2.05 bits per heavy atom. The fourth-order valence-corrected chi connectivity index (χ4v) is 2.55. The molecule has 2 aromatic carbocycles. The fraction of sp³-hybridized carbons (Fsp3) is 0.294. The number of benzene rings is 2. The number of hydrogen-bond donors (Lipinski definition) is 1. The molecule has 2 aromatic rings. The molecular weight excluding hydrogens is 250 g/mol. The highest BCUT2D eigenvalue weighted by molar-refractivity contribution is 5.43. The van der Waals surface area contributed by atoms with Gasteiger partial charge in [-0.2, -0.15) is 0 Å². The largest absolute Gasteiger partial charge is 0.497 e. The smallest absolute Gasteiger partial charge is 0.124 e. The lowest BCUT2D eigenvalue weighted by molar-refractivity contribution is 0.251. The highest BCUT2D eigenvalue weighted by Gasteiger charge is 2.21. The second-order valence-corrected chi connectivity index (χ2v) is 4.96. The Kier molecular flexibility index (Phi) is 3.88. The molecule has 1 N–H and O–H groups in total. The molecule has 20 heavy (non-hydrogen) atoms. The zero-order chi connectivity index (χ0) is 13.8. The van der Waals surface area contributed by atoms with Crippen LogP contribution in [0.5, 0.6) is 11.5 Å². The molecule has 1 unspecified atom stereocenters. The third-order valence-electron chi connectivity index (χ3n) is 3.65. The highest BCUT2D eigenvalue weighted by Crippen LogP contribution is 2.34. The topological polar surface area (TPSA) is 30.5 Å². The minimum absolute atomic E-state index is 0.314. The van der Waals surface area contributed by atoms with Gasteiger partial charge in [0.1, 0.15) is 11.5 Å². The van der Waals surface area contributed by atoms with Crippen LogP contribution in [0.4, 0.5) is 0 Å². The van der Waals surface area contributed by atoms with Gasteiger partial charge in [0.05, 0.1) is 13.7 Å². The Hall–Kier alpha value is -2.00. The summed E-state index contributed by atoms with van der Waals surface area (Å²) >= 11 is 0. The van der Waals surface area contributed by atoms with E-state index in [4.69, 9.17) is 9.47 Å². The Morgan fingerprint density at radius 3 is 2.85 bits per heavy atom. The van der Waals surface area contributed by atoms with Crippen LogP contribution in [0.15, 0.2) is 48.5 Å². The first-order valence-corrected chi connectivity index (χ1v) is 6.95. The SMILES string of the molecule is COc1ccc2c(c1)C(NCc1ccccc1)CCO2. The molecule has 0 bridgehead atoms. The van der Waals surface area contributed by atoms with Gasteiger partial charge in [0.25, 0.3) is 0 Å². The van der Waals surface area contributed by atoms with Gasteiger partial charge in [-0.3, -0.25) is 0 Å². The summed E-state index contributed by atoms with van der Waals surface area (Å²) < 4.78 is 11.0. The van der Waals surface area contributed by atoms with Gasteiger partial charge in [-0.25, -0.2) is 0 Å². The van der Waals surface area contributed by atoms with E-state index in [1.165, 1.54) is 11.1 Å². The summed E-state index contributed by atoms with van der Waals surface area (Å²) in [5, 5.41) is 3.61. The number of fused-ring (bicyclic) bond motifs is 1. The molecule has 104 valence electrons. The van der Waals surface area contributed by atoms with Gasteiger partial charge >= 0.3 is 0 Å². The molecule has 0 aliphatic carbocycles. The van der Waals surface area contributed by atoms with Gasteiger partial charge in [-0.1, -0.05) is 30.3 Å². The monoisotopic (exact) mass is 269 g/mol. The van der Waals surface area contributed by atoms with Crippen molar-refractivity contribution in [3.63, 3.8) is 0 Å². The Balaban J connectivity index is 1.75. The van der Waals surface area contributed by atoms with Crippen LogP contribution in [-0.4, -0.2) is 13.7 Å². The normalized spacial score (nSPS) is 17.1. The molecule has 1 aliphatic rings. The Labute approximate surface area is 119 Å². The fourth-order valence-electron chi connectivity index (χ4n) is 2.55. The van der Waals surface area contributed by atoms with Crippen LogP contribution < -0.4 is 14.8 Å². The van der Waals surface area contributed by atoms with Crippen molar-refractivity contribution in [1.29, 1.82) is 0 Å².